The van der Waals surface area contributed by atoms with E-state index in [1.807, 2.05) is 60.7 Å². The van der Waals surface area contributed by atoms with Crippen molar-refractivity contribution in [3.8, 4) is 0 Å². The van der Waals surface area contributed by atoms with Gasteiger partial charge >= 0.3 is 11.9 Å². The number of ether oxygens (including phenoxy) is 1. The van der Waals surface area contributed by atoms with Crippen molar-refractivity contribution in [3.63, 3.8) is 0 Å². The summed E-state index contributed by atoms with van der Waals surface area (Å²) in [4.78, 5) is 31.0. The van der Waals surface area contributed by atoms with Gasteiger partial charge in [0.25, 0.3) is 0 Å². The molecule has 2 aromatic rings. The maximum atomic E-state index is 12.1. The highest BCUT2D eigenvalue weighted by Gasteiger charge is 2.19. The van der Waals surface area contributed by atoms with Gasteiger partial charge in [0.2, 0.25) is 0 Å². The van der Waals surface area contributed by atoms with Crippen LogP contribution in [0.15, 0.2) is 70.6 Å². The fraction of sp³-hybridized carbons (Fsp3) is 0.238. The minimum atomic E-state index is -1.14. The number of hydrogen-bond acceptors (Lipinski definition) is 5. The molecule has 2 aromatic carbocycles. The van der Waals surface area contributed by atoms with Crippen LogP contribution in [-0.4, -0.2) is 47.7 Å². The molecule has 0 heterocycles. The highest BCUT2D eigenvalue weighted by Crippen LogP contribution is 2.12. The Morgan fingerprint density at radius 1 is 1.00 bits per heavy atom. The molecule has 0 aliphatic heterocycles. The average molecular weight is 366 g/mol. The van der Waals surface area contributed by atoms with Crippen molar-refractivity contribution in [2.45, 2.75) is 19.4 Å². The van der Waals surface area contributed by atoms with E-state index < -0.39 is 17.5 Å². The van der Waals surface area contributed by atoms with Crippen LogP contribution in [0.3, 0.4) is 0 Å². The summed E-state index contributed by atoms with van der Waals surface area (Å²) in [5.41, 5.74) is 1.70. The van der Waals surface area contributed by atoms with E-state index in [0.29, 0.717) is 5.71 Å². The summed E-state index contributed by atoms with van der Waals surface area (Å²) in [6, 6.07) is 19.2. The Kier molecular flexibility index (Phi) is 7.00. The molecule has 27 heavy (non-hydrogen) atoms. The molecule has 0 bridgehead atoms. The summed E-state index contributed by atoms with van der Waals surface area (Å²) in [5, 5.41) is 8.64. The van der Waals surface area contributed by atoms with Crippen LogP contribution in [0, 0.1) is 0 Å². The fourth-order valence-electron chi connectivity index (χ4n) is 2.25. The minimum absolute atomic E-state index is 0.0306. The van der Waals surface area contributed by atoms with Gasteiger partial charge in [0.05, 0.1) is 11.3 Å². The number of aliphatic imine (C=N–C) groups is 2. The van der Waals surface area contributed by atoms with Gasteiger partial charge in [-0.2, -0.15) is 0 Å². The predicted octanol–water partition coefficient (Wildman–Crippen LogP) is 3.00. The quantitative estimate of drug-likeness (QED) is 0.575. The lowest BCUT2D eigenvalue weighted by molar-refractivity contribution is -0.143. The van der Waals surface area contributed by atoms with Gasteiger partial charge in [0.1, 0.15) is 19.4 Å². The molecule has 0 aliphatic carbocycles. The van der Waals surface area contributed by atoms with Crippen molar-refractivity contribution in [1.29, 1.82) is 0 Å². The van der Waals surface area contributed by atoms with Crippen molar-refractivity contribution >= 4 is 23.9 Å². The highest BCUT2D eigenvalue weighted by atomic mass is 16.5. The van der Waals surface area contributed by atoms with Gasteiger partial charge in [0.15, 0.2) is 0 Å². The van der Waals surface area contributed by atoms with Crippen LogP contribution in [0.2, 0.25) is 0 Å². The molecule has 1 N–H and O–H groups in total. The molecule has 6 nitrogen and oxygen atoms in total. The Morgan fingerprint density at radius 2 is 1.52 bits per heavy atom. The van der Waals surface area contributed by atoms with E-state index in [2.05, 4.69) is 9.98 Å². The van der Waals surface area contributed by atoms with Crippen molar-refractivity contribution in [1.82, 2.24) is 0 Å². The molecule has 0 atom stereocenters. The number of nitrogens with zero attached hydrogens (tertiary/aromatic N) is 2. The summed E-state index contributed by atoms with van der Waals surface area (Å²) >= 11 is 0. The van der Waals surface area contributed by atoms with E-state index in [1.54, 1.807) is 13.8 Å². The lowest BCUT2D eigenvalue weighted by Crippen LogP contribution is -2.28. The maximum Gasteiger partial charge on any atom is 0.346 e. The lowest BCUT2D eigenvalue weighted by atomic mass is 10.0. The van der Waals surface area contributed by atoms with E-state index in [1.165, 1.54) is 0 Å². The molecule has 0 saturated carbocycles. The Balaban J connectivity index is 2.08. The van der Waals surface area contributed by atoms with Crippen LogP contribution in [0.25, 0.3) is 0 Å². The lowest BCUT2D eigenvalue weighted by Gasteiger charge is -2.18. The summed E-state index contributed by atoms with van der Waals surface area (Å²) in [5.74, 6) is -1.65. The normalized spacial score (nSPS) is 11.2. The van der Waals surface area contributed by atoms with E-state index >= 15 is 0 Å². The number of hydrogen-bond donors (Lipinski definition) is 1. The number of aliphatic carboxylic acids is 1. The monoisotopic (exact) mass is 366 g/mol. The number of carboxylic acids is 1. The number of carbonyl (C=O) groups is 2. The molecule has 0 fully saturated rings. The van der Waals surface area contributed by atoms with Crippen LogP contribution in [-0.2, 0) is 14.3 Å². The topological polar surface area (TPSA) is 88.3 Å². The largest absolute Gasteiger partial charge is 0.477 e. The second-order valence-electron chi connectivity index (χ2n) is 6.47. The van der Waals surface area contributed by atoms with E-state index in [4.69, 9.17) is 9.84 Å². The number of carboxylic acid groups (broad SMARTS) is 1. The highest BCUT2D eigenvalue weighted by molar-refractivity contribution is 6.22. The standard InChI is InChI=1S/C21H22N2O4/c1-21(2,23-13-18(24)25)15-27-19(26)14-22-20(16-9-5-3-6-10-16)17-11-7-4-8-12-17/h3-13H,14-15H2,1-2H3,(H,24,25)/b23-13+. The van der Waals surface area contributed by atoms with Gasteiger partial charge < -0.3 is 9.84 Å². The fourth-order valence-corrected chi connectivity index (χ4v) is 2.25. The third kappa shape index (κ3) is 6.86. The van der Waals surface area contributed by atoms with Gasteiger partial charge in [-0.25, -0.2) is 4.79 Å². The molecule has 0 aliphatic rings. The van der Waals surface area contributed by atoms with Gasteiger partial charge in [-0.3, -0.25) is 14.8 Å². The van der Waals surface area contributed by atoms with Crippen molar-refractivity contribution in [2.75, 3.05) is 13.2 Å². The molecule has 2 rings (SSSR count). The van der Waals surface area contributed by atoms with Gasteiger partial charge in [-0.05, 0) is 13.8 Å². The molecule has 0 saturated heterocycles. The zero-order valence-corrected chi connectivity index (χ0v) is 15.3. The molecule has 0 unspecified atom stereocenters. The average Bonchev–Trinajstić information content (AvgIpc) is 2.67. The molecular weight excluding hydrogens is 344 g/mol. The summed E-state index contributed by atoms with van der Waals surface area (Å²) in [7, 11) is 0. The Morgan fingerprint density at radius 3 is 2.00 bits per heavy atom. The zero-order chi connectivity index (χ0) is 19.7. The zero-order valence-electron chi connectivity index (χ0n) is 15.3. The van der Waals surface area contributed by atoms with Crippen LogP contribution >= 0.6 is 0 Å². The Labute approximate surface area is 158 Å². The Hall–Kier alpha value is -3.28. The van der Waals surface area contributed by atoms with E-state index in [0.717, 1.165) is 17.3 Å². The van der Waals surface area contributed by atoms with Crippen LogP contribution in [0.5, 0.6) is 0 Å². The minimum Gasteiger partial charge on any atom is -0.477 e. The first-order chi connectivity index (χ1) is 12.9. The summed E-state index contributed by atoms with van der Waals surface area (Å²) < 4.78 is 5.21. The van der Waals surface area contributed by atoms with Crippen LogP contribution in [0.4, 0.5) is 0 Å². The van der Waals surface area contributed by atoms with Crippen LogP contribution in [0.1, 0.15) is 25.0 Å². The van der Waals surface area contributed by atoms with Gasteiger partial charge in [-0.15, -0.1) is 0 Å². The molecule has 140 valence electrons. The SMILES string of the molecule is CC(C)(COC(=O)CN=C(c1ccccc1)c1ccccc1)/N=C/C(=O)O. The smallest absolute Gasteiger partial charge is 0.346 e. The van der Waals surface area contributed by atoms with Gasteiger partial charge in [-0.1, -0.05) is 60.7 Å². The second kappa shape index (κ2) is 9.43. The number of carbonyl (C=O) groups excluding carboxylic acids is 1. The van der Waals surface area contributed by atoms with Crippen LogP contribution < -0.4 is 0 Å². The first-order valence-electron chi connectivity index (χ1n) is 8.46. The van der Waals surface area contributed by atoms with Crippen molar-refractivity contribution in [3.05, 3.63) is 71.8 Å². The predicted molar refractivity (Wildman–Crippen MR) is 105 cm³/mol. The number of rotatable bonds is 8. The summed E-state index contributed by atoms with van der Waals surface area (Å²) in [6.45, 7) is 3.19. The molecule has 6 heteroatoms. The maximum absolute atomic E-state index is 12.1. The van der Waals surface area contributed by atoms with Crippen molar-refractivity contribution in [2.24, 2.45) is 9.98 Å². The molecule has 0 amide bonds. The first kappa shape index (κ1) is 20.0. The van der Waals surface area contributed by atoms with E-state index in [9.17, 15) is 9.59 Å². The summed E-state index contributed by atoms with van der Waals surface area (Å²) in [6.07, 6.45) is 0.800. The molecular formula is C21H22N2O4. The molecule has 0 radical (unpaired) electrons. The molecule has 0 aromatic heterocycles. The first-order valence-corrected chi connectivity index (χ1v) is 8.46. The molecule has 0 spiro atoms. The third-order valence-corrected chi connectivity index (χ3v) is 3.57. The number of esters is 1. The second-order valence-corrected chi connectivity index (χ2v) is 6.47. The van der Waals surface area contributed by atoms with Gasteiger partial charge in [0, 0.05) is 11.1 Å². The number of benzene rings is 2. The van der Waals surface area contributed by atoms with E-state index in [-0.39, 0.29) is 13.2 Å². The third-order valence-electron chi connectivity index (χ3n) is 3.57. The van der Waals surface area contributed by atoms with Crippen molar-refractivity contribution < 1.29 is 19.4 Å². The Bertz CT molecular complexity index is 786.